The highest BCUT2D eigenvalue weighted by Crippen LogP contribution is 2.33. The number of carbonyl (C=O) groups is 1. The van der Waals surface area contributed by atoms with Gasteiger partial charge in [-0.05, 0) is 30.7 Å². The number of pyridine rings is 1. The van der Waals surface area contributed by atoms with Gasteiger partial charge >= 0.3 is 5.97 Å². The quantitative estimate of drug-likeness (QED) is 0.487. The Balaban J connectivity index is 2.16. The highest BCUT2D eigenvalue weighted by atomic mass is 32.2. The second-order valence-corrected chi connectivity index (χ2v) is 8.23. The number of esters is 1. The molecular weight excluding hydrogens is 392 g/mol. The number of hydrogen-bond donors (Lipinski definition) is 1. The van der Waals surface area contributed by atoms with Gasteiger partial charge in [0.25, 0.3) is 0 Å². The van der Waals surface area contributed by atoms with Crippen LogP contribution < -0.4 is 0 Å². The number of nitriles is 1. The molecule has 1 N–H and O–H groups in total. The minimum Gasteiger partial charge on any atom is -0.505 e. The molecule has 0 bridgehead atoms. The first kappa shape index (κ1) is 20.3. The maximum absolute atomic E-state index is 12.9. The Kier molecular flexibility index (Phi) is 5.80. The lowest BCUT2D eigenvalue weighted by Crippen LogP contribution is -2.10. The minimum absolute atomic E-state index is 0.0380. The molecule has 2 aromatic carbocycles. The summed E-state index contributed by atoms with van der Waals surface area (Å²) in [5.41, 5.74) is -0.525. The minimum atomic E-state index is -3.85. The highest BCUT2D eigenvalue weighted by molar-refractivity contribution is 7.91. The lowest BCUT2D eigenvalue weighted by atomic mass is 10.1. The Morgan fingerprint density at radius 1 is 1.14 bits per heavy atom. The third kappa shape index (κ3) is 3.91. The molecule has 1 aromatic heterocycles. The molecule has 0 fully saturated rings. The van der Waals surface area contributed by atoms with Gasteiger partial charge in [0.1, 0.15) is 11.8 Å². The van der Waals surface area contributed by atoms with Gasteiger partial charge in [-0.15, -0.1) is 0 Å². The average Bonchev–Trinajstić information content (AvgIpc) is 2.74. The zero-order valence-electron chi connectivity index (χ0n) is 15.6. The second-order valence-electron chi connectivity index (χ2n) is 6.28. The number of unbranched alkanes of at least 4 members (excludes halogenated alkanes) is 1. The SMILES string of the molecule is CCCCOC(=O)c1nc(C#N)c2ccc(S(=O)(=O)c3ccccc3)cc2c1O. The van der Waals surface area contributed by atoms with Crippen LogP contribution in [0.1, 0.15) is 35.9 Å². The van der Waals surface area contributed by atoms with E-state index >= 15 is 0 Å². The van der Waals surface area contributed by atoms with Crippen molar-refractivity contribution in [2.24, 2.45) is 0 Å². The fourth-order valence-electron chi connectivity index (χ4n) is 2.79. The summed E-state index contributed by atoms with van der Waals surface area (Å²) in [6, 6.07) is 13.7. The first-order valence-electron chi connectivity index (χ1n) is 8.94. The third-order valence-corrected chi connectivity index (χ3v) is 6.11. The van der Waals surface area contributed by atoms with E-state index in [2.05, 4.69) is 4.98 Å². The number of sulfone groups is 1. The van der Waals surface area contributed by atoms with Gasteiger partial charge < -0.3 is 9.84 Å². The monoisotopic (exact) mass is 410 g/mol. The molecule has 7 nitrogen and oxygen atoms in total. The van der Waals surface area contributed by atoms with Crippen LogP contribution in [0.5, 0.6) is 5.75 Å². The first-order valence-corrected chi connectivity index (χ1v) is 10.4. The summed E-state index contributed by atoms with van der Waals surface area (Å²) in [5, 5.41) is 20.3. The smallest absolute Gasteiger partial charge is 0.360 e. The molecule has 0 aliphatic heterocycles. The summed E-state index contributed by atoms with van der Waals surface area (Å²) in [6.45, 7) is 2.08. The summed E-state index contributed by atoms with van der Waals surface area (Å²) in [4.78, 5) is 16.2. The Labute approximate surface area is 168 Å². The van der Waals surface area contributed by atoms with Crippen LogP contribution in [0.2, 0.25) is 0 Å². The van der Waals surface area contributed by atoms with E-state index in [4.69, 9.17) is 4.74 Å². The summed E-state index contributed by atoms with van der Waals surface area (Å²) in [7, 11) is -3.85. The topological polar surface area (TPSA) is 117 Å². The molecule has 0 saturated carbocycles. The van der Waals surface area contributed by atoms with E-state index in [9.17, 15) is 23.6 Å². The van der Waals surface area contributed by atoms with Gasteiger partial charge in [0, 0.05) is 10.8 Å². The van der Waals surface area contributed by atoms with Gasteiger partial charge in [-0.3, -0.25) is 0 Å². The van der Waals surface area contributed by atoms with E-state index in [1.54, 1.807) is 18.2 Å². The number of fused-ring (bicyclic) bond motifs is 1. The number of hydrogen-bond acceptors (Lipinski definition) is 7. The van der Waals surface area contributed by atoms with Crippen molar-refractivity contribution in [2.45, 2.75) is 29.6 Å². The van der Waals surface area contributed by atoms with Crippen LogP contribution in [0.4, 0.5) is 0 Å². The maximum atomic E-state index is 12.9. The average molecular weight is 410 g/mol. The zero-order chi connectivity index (χ0) is 21.0. The van der Waals surface area contributed by atoms with Crippen molar-refractivity contribution >= 4 is 26.6 Å². The van der Waals surface area contributed by atoms with Gasteiger partial charge in [0.15, 0.2) is 11.4 Å². The molecule has 29 heavy (non-hydrogen) atoms. The third-order valence-electron chi connectivity index (χ3n) is 4.34. The molecule has 0 amide bonds. The van der Waals surface area contributed by atoms with E-state index in [1.807, 2.05) is 13.0 Å². The van der Waals surface area contributed by atoms with Crippen LogP contribution in [0.25, 0.3) is 10.8 Å². The molecular formula is C21H18N2O5S. The lowest BCUT2D eigenvalue weighted by molar-refractivity contribution is 0.0489. The van der Waals surface area contributed by atoms with Crippen LogP contribution >= 0.6 is 0 Å². The molecule has 0 aliphatic rings. The largest absolute Gasteiger partial charge is 0.505 e. The molecule has 0 radical (unpaired) electrons. The zero-order valence-corrected chi connectivity index (χ0v) is 16.4. The van der Waals surface area contributed by atoms with E-state index in [0.717, 1.165) is 6.42 Å². The van der Waals surface area contributed by atoms with Crippen molar-refractivity contribution in [3.8, 4) is 11.8 Å². The Bertz CT molecular complexity index is 1220. The summed E-state index contributed by atoms with van der Waals surface area (Å²) >= 11 is 0. The van der Waals surface area contributed by atoms with E-state index in [0.29, 0.717) is 6.42 Å². The number of ether oxygens (including phenoxy) is 1. The fourth-order valence-corrected chi connectivity index (χ4v) is 4.09. The Morgan fingerprint density at radius 3 is 2.52 bits per heavy atom. The van der Waals surface area contributed by atoms with Crippen LogP contribution in [-0.2, 0) is 14.6 Å². The van der Waals surface area contributed by atoms with Crippen LogP contribution in [0.3, 0.4) is 0 Å². The van der Waals surface area contributed by atoms with Crippen LogP contribution in [-0.4, -0.2) is 31.1 Å². The predicted octanol–water partition coefficient (Wildman–Crippen LogP) is 3.60. The fraction of sp³-hybridized carbons (Fsp3) is 0.190. The standard InChI is InChI=1S/C21H18N2O5S/c1-2-3-11-28-21(25)19-20(24)17-12-15(9-10-16(17)18(13-22)23-19)29(26,27)14-7-5-4-6-8-14/h4-10,12,24H,2-3,11H2,1H3. The molecule has 3 aromatic rings. The second kappa shape index (κ2) is 8.29. The van der Waals surface area contributed by atoms with Crippen molar-refractivity contribution in [1.82, 2.24) is 4.98 Å². The Hall–Kier alpha value is -3.44. The molecule has 0 aliphatic carbocycles. The molecule has 1 heterocycles. The molecule has 0 atom stereocenters. The Morgan fingerprint density at radius 2 is 1.86 bits per heavy atom. The number of benzene rings is 2. The number of carbonyl (C=O) groups excluding carboxylic acids is 1. The van der Waals surface area contributed by atoms with Crippen molar-refractivity contribution < 1.29 is 23.1 Å². The van der Waals surface area contributed by atoms with Crippen LogP contribution in [0, 0.1) is 11.3 Å². The van der Waals surface area contributed by atoms with Gasteiger partial charge in [0.2, 0.25) is 9.84 Å². The normalized spacial score (nSPS) is 11.2. The maximum Gasteiger partial charge on any atom is 0.360 e. The summed E-state index contributed by atoms with van der Waals surface area (Å²) in [6.07, 6.45) is 1.46. The first-order chi connectivity index (χ1) is 13.9. The number of rotatable bonds is 6. The van der Waals surface area contributed by atoms with Crippen LogP contribution in [0.15, 0.2) is 58.3 Å². The van der Waals surface area contributed by atoms with Gasteiger partial charge in [-0.1, -0.05) is 37.6 Å². The van der Waals surface area contributed by atoms with Gasteiger partial charge in [0.05, 0.1) is 16.4 Å². The van der Waals surface area contributed by atoms with Crippen molar-refractivity contribution in [2.75, 3.05) is 6.61 Å². The summed E-state index contributed by atoms with van der Waals surface area (Å²) in [5.74, 6) is -1.39. The van der Waals surface area contributed by atoms with E-state index in [1.165, 1.54) is 30.3 Å². The molecule has 148 valence electrons. The number of nitrogens with zero attached hydrogens (tertiary/aromatic N) is 2. The number of aromatic nitrogens is 1. The molecule has 8 heteroatoms. The van der Waals surface area contributed by atoms with Crippen molar-refractivity contribution in [3.63, 3.8) is 0 Å². The highest BCUT2D eigenvalue weighted by Gasteiger charge is 2.23. The van der Waals surface area contributed by atoms with Gasteiger partial charge in [-0.25, -0.2) is 18.2 Å². The number of aromatic hydroxyl groups is 1. The van der Waals surface area contributed by atoms with E-state index in [-0.39, 0.29) is 32.9 Å². The van der Waals surface area contributed by atoms with E-state index < -0.39 is 27.2 Å². The predicted molar refractivity (Wildman–Crippen MR) is 105 cm³/mol. The van der Waals surface area contributed by atoms with Gasteiger partial charge in [-0.2, -0.15) is 5.26 Å². The molecule has 0 saturated heterocycles. The molecule has 0 spiro atoms. The lowest BCUT2D eigenvalue weighted by Gasteiger charge is -2.11. The van der Waals surface area contributed by atoms with Crippen molar-refractivity contribution in [1.29, 1.82) is 5.26 Å². The van der Waals surface area contributed by atoms with Crippen molar-refractivity contribution in [3.05, 3.63) is 59.9 Å². The summed E-state index contributed by atoms with van der Waals surface area (Å²) < 4.78 is 30.8. The molecule has 0 unspecified atom stereocenters. The molecule has 3 rings (SSSR count).